The number of rotatable bonds is 5. The van der Waals surface area contributed by atoms with Gasteiger partial charge in [-0.1, -0.05) is 0 Å². The minimum Gasteiger partial charge on any atom is -0.349 e. The van der Waals surface area contributed by atoms with Crippen LogP contribution in [0.15, 0.2) is 6.20 Å². The van der Waals surface area contributed by atoms with Crippen molar-refractivity contribution in [1.82, 2.24) is 36.1 Å². The van der Waals surface area contributed by atoms with Gasteiger partial charge in [0.15, 0.2) is 0 Å². The first-order valence-corrected chi connectivity index (χ1v) is 5.28. The highest BCUT2D eigenvalue weighted by molar-refractivity contribution is 5.89. The lowest BCUT2D eigenvalue weighted by Crippen LogP contribution is -2.25. The zero-order chi connectivity index (χ0) is 12.1. The van der Waals surface area contributed by atoms with Gasteiger partial charge in [-0.15, -0.1) is 10.2 Å². The number of hydrogen-bond acceptors (Lipinski definition) is 5. The molecule has 0 atom stereocenters. The molecule has 0 aliphatic heterocycles. The number of tetrazole rings is 1. The van der Waals surface area contributed by atoms with Crippen molar-refractivity contribution in [2.75, 3.05) is 6.54 Å². The van der Waals surface area contributed by atoms with E-state index < -0.39 is 0 Å². The van der Waals surface area contributed by atoms with Crippen molar-refractivity contribution in [2.45, 2.75) is 19.8 Å². The molecule has 8 heteroatoms. The van der Waals surface area contributed by atoms with Gasteiger partial charge in [0, 0.05) is 12.2 Å². The molecule has 0 saturated heterocycles. The van der Waals surface area contributed by atoms with E-state index in [0.717, 1.165) is 18.5 Å². The molecule has 0 radical (unpaired) electrons. The summed E-state index contributed by atoms with van der Waals surface area (Å²) in [5.74, 6) is -0.257. The molecule has 0 saturated carbocycles. The summed E-state index contributed by atoms with van der Waals surface area (Å²) in [4.78, 5) is 11.4. The van der Waals surface area contributed by atoms with Crippen molar-refractivity contribution < 1.29 is 4.79 Å². The molecular weight excluding hydrogens is 222 g/mol. The quantitative estimate of drug-likeness (QED) is 0.610. The second-order valence-corrected chi connectivity index (χ2v) is 3.62. The first-order valence-electron chi connectivity index (χ1n) is 5.28. The van der Waals surface area contributed by atoms with Crippen LogP contribution in [0.25, 0.3) is 0 Å². The van der Waals surface area contributed by atoms with Crippen molar-refractivity contribution in [3.05, 3.63) is 23.3 Å². The van der Waals surface area contributed by atoms with E-state index >= 15 is 0 Å². The summed E-state index contributed by atoms with van der Waals surface area (Å²) in [6, 6.07) is 0. The molecule has 0 unspecified atom stereocenters. The molecule has 0 fully saturated rings. The van der Waals surface area contributed by atoms with Gasteiger partial charge in [-0.05, 0) is 30.5 Å². The van der Waals surface area contributed by atoms with Gasteiger partial charge < -0.3 is 5.32 Å². The van der Waals surface area contributed by atoms with Crippen LogP contribution < -0.4 is 5.32 Å². The molecule has 0 spiro atoms. The van der Waals surface area contributed by atoms with E-state index in [9.17, 15) is 4.79 Å². The van der Waals surface area contributed by atoms with Crippen molar-refractivity contribution in [1.29, 1.82) is 0 Å². The molecule has 0 bridgehead atoms. The molecule has 2 rings (SSSR count). The van der Waals surface area contributed by atoms with E-state index in [2.05, 4.69) is 36.1 Å². The molecule has 0 aliphatic carbocycles. The van der Waals surface area contributed by atoms with Crippen LogP contribution in [0.2, 0.25) is 0 Å². The highest BCUT2D eigenvalue weighted by Gasteiger charge is 2.09. The lowest BCUT2D eigenvalue weighted by atomic mass is 10.1. The maximum Gasteiger partial charge on any atom is 0.292 e. The molecule has 2 aromatic rings. The van der Waals surface area contributed by atoms with Crippen LogP contribution in [0.1, 0.15) is 28.3 Å². The van der Waals surface area contributed by atoms with E-state index in [1.165, 1.54) is 5.56 Å². The van der Waals surface area contributed by atoms with Crippen molar-refractivity contribution in [2.24, 2.45) is 0 Å². The summed E-state index contributed by atoms with van der Waals surface area (Å²) < 4.78 is 0. The fraction of sp³-hybridized carbons (Fsp3) is 0.444. The van der Waals surface area contributed by atoms with Gasteiger partial charge in [0.1, 0.15) is 0 Å². The van der Waals surface area contributed by atoms with Crippen molar-refractivity contribution in [3.8, 4) is 0 Å². The average molecular weight is 235 g/mol. The van der Waals surface area contributed by atoms with Gasteiger partial charge in [-0.3, -0.25) is 9.89 Å². The number of aromatic amines is 2. The largest absolute Gasteiger partial charge is 0.349 e. The van der Waals surface area contributed by atoms with Crippen LogP contribution in [0.4, 0.5) is 0 Å². The minimum absolute atomic E-state index is 0.0597. The summed E-state index contributed by atoms with van der Waals surface area (Å²) >= 11 is 0. The van der Waals surface area contributed by atoms with E-state index in [1.54, 1.807) is 6.20 Å². The van der Waals surface area contributed by atoms with E-state index in [-0.39, 0.29) is 11.7 Å². The van der Waals surface area contributed by atoms with Crippen LogP contribution in [-0.2, 0) is 6.42 Å². The fourth-order valence-corrected chi connectivity index (χ4v) is 1.45. The van der Waals surface area contributed by atoms with Gasteiger partial charge in [-0.25, -0.2) is 0 Å². The van der Waals surface area contributed by atoms with Crippen LogP contribution in [0, 0.1) is 6.92 Å². The molecule has 17 heavy (non-hydrogen) atoms. The predicted octanol–water partition coefficient (Wildman–Crippen LogP) is -0.406. The average Bonchev–Trinajstić information content (AvgIpc) is 2.96. The van der Waals surface area contributed by atoms with E-state index in [1.807, 2.05) is 6.92 Å². The Kier molecular flexibility index (Phi) is 3.43. The monoisotopic (exact) mass is 235 g/mol. The summed E-state index contributed by atoms with van der Waals surface area (Å²) in [5, 5.41) is 22.2. The van der Waals surface area contributed by atoms with Crippen LogP contribution >= 0.6 is 0 Å². The maximum atomic E-state index is 11.4. The van der Waals surface area contributed by atoms with Crippen LogP contribution in [0.3, 0.4) is 0 Å². The van der Waals surface area contributed by atoms with Crippen LogP contribution in [-0.4, -0.2) is 43.3 Å². The van der Waals surface area contributed by atoms with Gasteiger partial charge in [-0.2, -0.15) is 10.3 Å². The summed E-state index contributed by atoms with van der Waals surface area (Å²) in [6.07, 6.45) is 3.51. The molecule has 0 aliphatic rings. The Balaban J connectivity index is 1.70. The van der Waals surface area contributed by atoms with Crippen molar-refractivity contribution >= 4 is 5.91 Å². The Morgan fingerprint density at radius 3 is 3.06 bits per heavy atom. The Morgan fingerprint density at radius 2 is 2.41 bits per heavy atom. The number of carbonyl (C=O) groups is 1. The second-order valence-electron chi connectivity index (χ2n) is 3.62. The van der Waals surface area contributed by atoms with E-state index in [4.69, 9.17) is 0 Å². The molecular formula is C9H13N7O. The van der Waals surface area contributed by atoms with Gasteiger partial charge in [0.05, 0.1) is 6.20 Å². The number of nitrogens with one attached hydrogen (secondary N) is 3. The second kappa shape index (κ2) is 5.19. The van der Waals surface area contributed by atoms with Gasteiger partial charge in [0.25, 0.3) is 11.7 Å². The molecule has 3 N–H and O–H groups in total. The topological polar surface area (TPSA) is 112 Å². The number of H-pyrrole nitrogens is 2. The highest BCUT2D eigenvalue weighted by Crippen LogP contribution is 2.04. The summed E-state index contributed by atoms with van der Waals surface area (Å²) in [7, 11) is 0. The zero-order valence-corrected chi connectivity index (χ0v) is 9.40. The maximum absolute atomic E-state index is 11.4. The smallest absolute Gasteiger partial charge is 0.292 e. The number of nitrogens with zero attached hydrogens (tertiary/aromatic N) is 4. The standard InChI is InChI=1S/C9H13N7O/c1-6-7(5-11-12-6)3-2-4-10-9(17)8-13-15-16-14-8/h5H,2-4H2,1H3,(H,10,17)(H,11,12)(H,13,14,15,16). The number of aryl methyl sites for hydroxylation is 2. The predicted molar refractivity (Wildman–Crippen MR) is 58.2 cm³/mol. The Labute approximate surface area is 97.2 Å². The van der Waals surface area contributed by atoms with Gasteiger partial charge >= 0.3 is 0 Å². The molecule has 90 valence electrons. The molecule has 1 amide bonds. The third-order valence-corrected chi connectivity index (χ3v) is 2.39. The molecule has 2 aromatic heterocycles. The molecule has 2 heterocycles. The molecule has 8 nitrogen and oxygen atoms in total. The Hall–Kier alpha value is -2.25. The fourth-order valence-electron chi connectivity index (χ4n) is 1.45. The van der Waals surface area contributed by atoms with Crippen LogP contribution in [0.5, 0.6) is 0 Å². The Morgan fingerprint density at radius 1 is 1.53 bits per heavy atom. The number of aromatic nitrogens is 6. The first-order chi connectivity index (χ1) is 8.27. The summed E-state index contributed by atoms with van der Waals surface area (Å²) in [5.41, 5.74) is 2.23. The lowest BCUT2D eigenvalue weighted by Gasteiger charge is -2.01. The third kappa shape index (κ3) is 2.86. The first kappa shape index (κ1) is 11.2. The van der Waals surface area contributed by atoms with Gasteiger partial charge in [0.2, 0.25) is 0 Å². The lowest BCUT2D eigenvalue weighted by molar-refractivity contribution is 0.0943. The van der Waals surface area contributed by atoms with Crippen molar-refractivity contribution in [3.63, 3.8) is 0 Å². The normalized spacial score (nSPS) is 10.4. The highest BCUT2D eigenvalue weighted by atomic mass is 16.2. The summed E-state index contributed by atoms with van der Waals surface area (Å²) in [6.45, 7) is 2.54. The SMILES string of the molecule is Cc1[nH]ncc1CCCNC(=O)c1nn[nH]n1. The number of amides is 1. The third-order valence-electron chi connectivity index (χ3n) is 2.39. The number of hydrogen-bond donors (Lipinski definition) is 3. The zero-order valence-electron chi connectivity index (χ0n) is 9.40. The Bertz CT molecular complexity index is 475. The molecule has 0 aromatic carbocycles. The van der Waals surface area contributed by atoms with E-state index in [0.29, 0.717) is 6.54 Å². The minimum atomic E-state index is -0.317. The number of carbonyl (C=O) groups excluding carboxylic acids is 1.